The first kappa shape index (κ1) is 47.2. The van der Waals surface area contributed by atoms with Gasteiger partial charge in [0.05, 0.1) is 24.4 Å². The highest BCUT2D eigenvalue weighted by molar-refractivity contribution is 6.39. The molecule has 0 aromatic heterocycles. The predicted molar refractivity (Wildman–Crippen MR) is 216 cm³/mol. The van der Waals surface area contributed by atoms with Crippen LogP contribution < -0.4 is 0 Å². The highest BCUT2D eigenvalue weighted by Gasteiger charge is 2.56. The standard InChI is InChI=1S/C45H73NO11/c1-11-33-20-26(2)15-16-27(3)21-38(54-9)41-39(55-10)23-30(6)45(52,57-41)42(49)43(50)46-19-13-12-14-34(46)44(51)56-40(31(7)35(47)25-36(33)48)29(5)22-32-18-17-28(4)37(24-32)53-8/h20,22,27-28,30-35,37-41,47,52H,11-19,21,23-25H2,1-10H3/b26-20+,29-22+/t27-,28+,30+,31+,32-,33+,34-,35-,37+,38-,39-,40+,41+,45+/m0/s1. The quantitative estimate of drug-likeness (QED) is 0.181. The number of rotatable bonds is 6. The summed E-state index contributed by atoms with van der Waals surface area (Å²) in [6.45, 7) is 13.7. The van der Waals surface area contributed by atoms with Gasteiger partial charge in [0.1, 0.15) is 24.0 Å². The molecule has 0 radical (unpaired) electrons. The van der Waals surface area contributed by atoms with Gasteiger partial charge in [-0.15, -0.1) is 0 Å². The molecule has 0 aromatic carbocycles. The summed E-state index contributed by atoms with van der Waals surface area (Å²) in [5.41, 5.74) is 1.81. The molecule has 4 rings (SSSR count). The van der Waals surface area contributed by atoms with Crippen LogP contribution in [0.1, 0.15) is 126 Å². The van der Waals surface area contributed by atoms with Crippen molar-refractivity contribution in [3.05, 3.63) is 23.3 Å². The lowest BCUT2D eigenvalue weighted by molar-refractivity contribution is -0.302. The van der Waals surface area contributed by atoms with Crippen molar-refractivity contribution in [1.82, 2.24) is 4.90 Å². The van der Waals surface area contributed by atoms with E-state index in [0.29, 0.717) is 31.6 Å². The third-order valence-corrected chi connectivity index (χ3v) is 13.6. The molecule has 0 aromatic rings. The Morgan fingerprint density at radius 1 is 0.930 bits per heavy atom. The van der Waals surface area contributed by atoms with Crippen LogP contribution in [0.5, 0.6) is 0 Å². The third-order valence-electron chi connectivity index (χ3n) is 13.6. The Balaban J connectivity index is 1.75. The van der Waals surface area contributed by atoms with Crippen LogP contribution >= 0.6 is 0 Å². The Hall–Kier alpha value is -2.48. The number of esters is 1. The van der Waals surface area contributed by atoms with Crippen LogP contribution in [-0.2, 0) is 42.9 Å². The summed E-state index contributed by atoms with van der Waals surface area (Å²) in [5.74, 6) is -6.53. The summed E-state index contributed by atoms with van der Waals surface area (Å²) in [5, 5.41) is 23.7. The molecule has 1 saturated carbocycles. The summed E-state index contributed by atoms with van der Waals surface area (Å²) >= 11 is 0. The molecule has 1 aliphatic carbocycles. The molecule has 0 unspecified atom stereocenters. The number of ketones is 2. The second kappa shape index (κ2) is 21.2. The van der Waals surface area contributed by atoms with Crippen LogP contribution in [0.3, 0.4) is 0 Å². The van der Waals surface area contributed by atoms with Crippen molar-refractivity contribution in [2.24, 2.45) is 35.5 Å². The number of allylic oxidation sites excluding steroid dienone is 3. The van der Waals surface area contributed by atoms with E-state index in [1.807, 2.05) is 26.8 Å². The number of cyclic esters (lactones) is 1. The summed E-state index contributed by atoms with van der Waals surface area (Å²) < 4.78 is 30.1. The molecular weight excluding hydrogens is 730 g/mol. The van der Waals surface area contributed by atoms with Crippen molar-refractivity contribution in [2.45, 2.75) is 174 Å². The lowest BCUT2D eigenvalue weighted by Crippen LogP contribution is -2.64. The molecule has 4 aliphatic rings. The first-order chi connectivity index (χ1) is 27.0. The smallest absolute Gasteiger partial charge is 0.329 e. The number of hydrogen-bond donors (Lipinski definition) is 2. The Morgan fingerprint density at radius 2 is 1.60 bits per heavy atom. The second-order valence-electron chi connectivity index (χ2n) is 17.9. The summed E-state index contributed by atoms with van der Waals surface area (Å²) in [6.07, 6.45) is 7.19. The van der Waals surface area contributed by atoms with Gasteiger partial charge in [0.25, 0.3) is 11.7 Å². The van der Waals surface area contributed by atoms with Gasteiger partial charge >= 0.3 is 5.97 Å². The van der Waals surface area contributed by atoms with Crippen LogP contribution in [-0.4, -0.2) is 115 Å². The molecule has 12 heteroatoms. The zero-order valence-corrected chi connectivity index (χ0v) is 36.4. The van der Waals surface area contributed by atoms with Crippen molar-refractivity contribution in [3.8, 4) is 0 Å². The van der Waals surface area contributed by atoms with Crippen molar-refractivity contribution < 1.29 is 53.1 Å². The Bertz CT molecular complexity index is 1450. The molecule has 14 atom stereocenters. The predicted octanol–water partition coefficient (Wildman–Crippen LogP) is 6.14. The molecule has 0 spiro atoms. The summed E-state index contributed by atoms with van der Waals surface area (Å²) in [6, 6.07) is -1.10. The number of amides is 1. The van der Waals surface area contributed by atoms with E-state index >= 15 is 0 Å². The van der Waals surface area contributed by atoms with E-state index in [4.69, 9.17) is 23.7 Å². The fourth-order valence-electron chi connectivity index (χ4n) is 9.61. The number of carbonyl (C=O) groups excluding carboxylic acids is 4. The van der Waals surface area contributed by atoms with Gasteiger partial charge in [-0.3, -0.25) is 14.4 Å². The van der Waals surface area contributed by atoms with E-state index < -0.39 is 71.8 Å². The lowest BCUT2D eigenvalue weighted by Gasteiger charge is -2.47. The van der Waals surface area contributed by atoms with Gasteiger partial charge in [0, 0.05) is 52.0 Å². The minimum Gasteiger partial charge on any atom is -0.456 e. The second-order valence-corrected chi connectivity index (χ2v) is 17.9. The van der Waals surface area contributed by atoms with Crippen molar-refractivity contribution in [2.75, 3.05) is 27.9 Å². The molecule has 2 bridgehead atoms. The number of ether oxygens (including phenoxy) is 5. The van der Waals surface area contributed by atoms with Gasteiger partial charge in [-0.25, -0.2) is 4.79 Å². The summed E-state index contributed by atoms with van der Waals surface area (Å²) in [7, 11) is 4.83. The van der Waals surface area contributed by atoms with Crippen LogP contribution in [0.2, 0.25) is 0 Å². The first-order valence-electron chi connectivity index (χ1n) is 21.6. The van der Waals surface area contributed by atoms with E-state index in [-0.39, 0.29) is 55.4 Å². The number of aliphatic hydroxyl groups excluding tert-OH is 1. The maximum atomic E-state index is 14.3. The molecule has 1 amide bonds. The highest BCUT2D eigenvalue weighted by atomic mass is 16.7. The molecule has 3 fully saturated rings. The molecule has 2 saturated heterocycles. The molecule has 3 aliphatic heterocycles. The monoisotopic (exact) mass is 804 g/mol. The van der Waals surface area contributed by atoms with Crippen LogP contribution in [0.25, 0.3) is 0 Å². The van der Waals surface area contributed by atoms with Crippen LogP contribution in [0.4, 0.5) is 0 Å². The van der Waals surface area contributed by atoms with E-state index in [1.165, 1.54) is 4.90 Å². The van der Waals surface area contributed by atoms with Gasteiger partial charge in [0.15, 0.2) is 0 Å². The van der Waals surface area contributed by atoms with Crippen LogP contribution in [0.15, 0.2) is 23.3 Å². The molecule has 2 N–H and O–H groups in total. The lowest BCUT2D eigenvalue weighted by atomic mass is 9.79. The fourth-order valence-corrected chi connectivity index (χ4v) is 9.61. The van der Waals surface area contributed by atoms with Crippen molar-refractivity contribution in [1.29, 1.82) is 0 Å². The number of methoxy groups -OCH3 is 3. The van der Waals surface area contributed by atoms with Crippen molar-refractivity contribution in [3.63, 3.8) is 0 Å². The third kappa shape index (κ3) is 11.4. The van der Waals surface area contributed by atoms with Gasteiger partial charge < -0.3 is 38.8 Å². The minimum absolute atomic E-state index is 0.0777. The van der Waals surface area contributed by atoms with Crippen LogP contribution in [0, 0.1) is 35.5 Å². The fraction of sp³-hybridized carbons (Fsp3) is 0.822. The SMILES string of the molecule is CC[C@@H]1/C=C(\C)CC[C@H](C)C[C@H](OC)[C@H]2O[C@@](O)(C(=O)C(=O)N3CCCC[C@H]3C(=O)O[C@H](/C(C)=C/[C@@H]3CC[C@@H](C)[C@H](OC)C3)[C@H](C)[C@@H](O)CC1=O)[C@H](C)C[C@@H]2OC. The largest absolute Gasteiger partial charge is 0.456 e. The van der Waals surface area contributed by atoms with Gasteiger partial charge in [-0.2, -0.15) is 0 Å². The maximum absolute atomic E-state index is 14.3. The average Bonchev–Trinajstić information content (AvgIpc) is 3.20. The number of piperidine rings is 1. The molecule has 12 nitrogen and oxygen atoms in total. The van der Waals surface area contributed by atoms with E-state index in [0.717, 1.165) is 43.3 Å². The van der Waals surface area contributed by atoms with E-state index in [1.54, 1.807) is 35.2 Å². The molecular formula is C45H73NO11. The normalized spacial score (nSPS) is 41.3. The maximum Gasteiger partial charge on any atom is 0.329 e. The number of Topliss-reactive ketones (excluding diaryl/α,β-unsaturated/α-hetero) is 2. The zero-order valence-electron chi connectivity index (χ0n) is 36.4. The molecule has 57 heavy (non-hydrogen) atoms. The number of carbonyl (C=O) groups is 4. The summed E-state index contributed by atoms with van der Waals surface area (Å²) in [4.78, 5) is 57.8. The highest BCUT2D eigenvalue weighted by Crippen LogP contribution is 2.39. The van der Waals surface area contributed by atoms with E-state index in [9.17, 15) is 29.4 Å². The Labute approximate surface area is 341 Å². The topological polar surface area (TPSA) is 158 Å². The van der Waals surface area contributed by atoms with Crippen molar-refractivity contribution >= 4 is 23.4 Å². The Morgan fingerprint density at radius 3 is 2.25 bits per heavy atom. The number of hydrogen-bond acceptors (Lipinski definition) is 11. The minimum atomic E-state index is -2.47. The number of fused-ring (bicyclic) bond motifs is 3. The Kier molecular flexibility index (Phi) is 17.5. The molecule has 3 heterocycles. The number of nitrogens with zero attached hydrogens (tertiary/aromatic N) is 1. The van der Waals surface area contributed by atoms with Gasteiger partial charge in [-0.05, 0) is 108 Å². The first-order valence-corrected chi connectivity index (χ1v) is 21.6. The van der Waals surface area contributed by atoms with Gasteiger partial charge in [0.2, 0.25) is 5.79 Å². The average molecular weight is 804 g/mol. The number of aliphatic hydroxyl groups is 2. The van der Waals surface area contributed by atoms with E-state index in [2.05, 4.69) is 19.9 Å². The van der Waals surface area contributed by atoms with Gasteiger partial charge in [-0.1, -0.05) is 52.3 Å². The molecule has 324 valence electrons. The zero-order chi connectivity index (χ0) is 42.2.